The standard InChI is InChI=1S/C23H16N4O4S/c1-14-9-11-15(12-10-14)20(28)18-7-2-3-8-19(18)21(29)24-23-26-25-22(32-23)16-5-4-6-17(13-16)27(30)31/h2-13H,1H3,(H,24,26,29). The topological polar surface area (TPSA) is 115 Å². The number of hydrogen-bond acceptors (Lipinski definition) is 7. The Morgan fingerprint density at radius 3 is 2.38 bits per heavy atom. The van der Waals surface area contributed by atoms with Gasteiger partial charge >= 0.3 is 0 Å². The molecule has 0 aliphatic rings. The molecular formula is C23H16N4O4S. The lowest BCUT2D eigenvalue weighted by molar-refractivity contribution is -0.384. The molecule has 0 bridgehead atoms. The second-order valence-electron chi connectivity index (χ2n) is 6.91. The molecule has 0 spiro atoms. The van der Waals surface area contributed by atoms with E-state index in [1.807, 2.05) is 19.1 Å². The van der Waals surface area contributed by atoms with Crippen molar-refractivity contribution in [2.45, 2.75) is 6.92 Å². The van der Waals surface area contributed by atoms with Crippen molar-refractivity contribution in [3.63, 3.8) is 0 Å². The molecule has 0 aliphatic carbocycles. The smallest absolute Gasteiger partial charge is 0.270 e. The summed E-state index contributed by atoms with van der Waals surface area (Å²) < 4.78 is 0. The Morgan fingerprint density at radius 2 is 1.66 bits per heavy atom. The van der Waals surface area contributed by atoms with Crippen LogP contribution in [0.25, 0.3) is 10.6 Å². The lowest BCUT2D eigenvalue weighted by Crippen LogP contribution is -2.16. The Hall–Kier alpha value is -4.24. The molecule has 32 heavy (non-hydrogen) atoms. The zero-order valence-electron chi connectivity index (χ0n) is 16.8. The molecule has 9 heteroatoms. The highest BCUT2D eigenvalue weighted by Crippen LogP contribution is 2.29. The number of nitrogens with zero attached hydrogens (tertiary/aromatic N) is 3. The summed E-state index contributed by atoms with van der Waals surface area (Å²) in [6.07, 6.45) is 0. The molecule has 1 amide bonds. The lowest BCUT2D eigenvalue weighted by atomic mass is 9.97. The third-order valence-corrected chi connectivity index (χ3v) is 5.57. The van der Waals surface area contributed by atoms with Crippen LogP contribution in [0.1, 0.15) is 31.8 Å². The summed E-state index contributed by atoms with van der Waals surface area (Å²) in [6.45, 7) is 1.93. The minimum atomic E-state index is -0.497. The number of carbonyl (C=O) groups excluding carboxylic acids is 2. The Bertz CT molecular complexity index is 1330. The highest BCUT2D eigenvalue weighted by molar-refractivity contribution is 7.18. The van der Waals surface area contributed by atoms with Crippen molar-refractivity contribution in [2.24, 2.45) is 0 Å². The number of amides is 1. The molecule has 3 aromatic carbocycles. The summed E-state index contributed by atoms with van der Waals surface area (Å²) in [5.41, 5.74) is 2.46. The summed E-state index contributed by atoms with van der Waals surface area (Å²) in [7, 11) is 0. The molecule has 8 nitrogen and oxygen atoms in total. The van der Waals surface area contributed by atoms with E-state index in [0.717, 1.165) is 16.9 Å². The summed E-state index contributed by atoms with van der Waals surface area (Å²) in [4.78, 5) is 36.3. The van der Waals surface area contributed by atoms with Crippen molar-refractivity contribution in [3.8, 4) is 10.6 Å². The number of carbonyl (C=O) groups is 2. The van der Waals surface area contributed by atoms with Crippen molar-refractivity contribution in [1.82, 2.24) is 10.2 Å². The van der Waals surface area contributed by atoms with Crippen molar-refractivity contribution in [1.29, 1.82) is 0 Å². The molecule has 4 rings (SSSR count). The first-order chi connectivity index (χ1) is 15.4. The largest absolute Gasteiger partial charge is 0.296 e. The molecule has 1 N–H and O–H groups in total. The first-order valence-electron chi connectivity index (χ1n) is 9.52. The first-order valence-corrected chi connectivity index (χ1v) is 10.3. The van der Waals surface area contributed by atoms with Crippen LogP contribution >= 0.6 is 11.3 Å². The van der Waals surface area contributed by atoms with E-state index in [1.54, 1.807) is 48.5 Å². The predicted molar refractivity (Wildman–Crippen MR) is 121 cm³/mol. The fourth-order valence-corrected chi connectivity index (χ4v) is 3.78. The lowest BCUT2D eigenvalue weighted by Gasteiger charge is -2.08. The second kappa shape index (κ2) is 8.86. The van der Waals surface area contributed by atoms with E-state index in [9.17, 15) is 19.7 Å². The van der Waals surface area contributed by atoms with Crippen LogP contribution in [0, 0.1) is 17.0 Å². The molecule has 1 aromatic heterocycles. The van der Waals surface area contributed by atoms with Crippen LogP contribution in [0.5, 0.6) is 0 Å². The third-order valence-electron chi connectivity index (χ3n) is 4.68. The SMILES string of the molecule is Cc1ccc(C(=O)c2ccccc2C(=O)Nc2nnc(-c3cccc([N+](=O)[O-])c3)s2)cc1. The van der Waals surface area contributed by atoms with Crippen LogP contribution in [0.15, 0.2) is 72.8 Å². The van der Waals surface area contributed by atoms with Gasteiger partial charge < -0.3 is 0 Å². The van der Waals surface area contributed by atoms with E-state index in [4.69, 9.17) is 0 Å². The average molecular weight is 444 g/mol. The number of rotatable bonds is 6. The first kappa shape index (κ1) is 21.0. The van der Waals surface area contributed by atoms with Gasteiger partial charge in [0.1, 0.15) is 5.01 Å². The highest BCUT2D eigenvalue weighted by atomic mass is 32.1. The Kier molecular flexibility index (Phi) is 5.82. The number of nitro benzene ring substituents is 1. The molecule has 0 saturated carbocycles. The maximum absolute atomic E-state index is 13.0. The Morgan fingerprint density at radius 1 is 0.938 bits per heavy atom. The van der Waals surface area contributed by atoms with Gasteiger partial charge in [0.05, 0.1) is 10.5 Å². The van der Waals surface area contributed by atoms with Crippen LogP contribution in [-0.4, -0.2) is 26.8 Å². The third kappa shape index (κ3) is 4.42. The van der Waals surface area contributed by atoms with Crippen LogP contribution in [0.2, 0.25) is 0 Å². The molecule has 158 valence electrons. The molecule has 0 fully saturated rings. The van der Waals surface area contributed by atoms with Crippen LogP contribution in [0.3, 0.4) is 0 Å². The predicted octanol–water partition coefficient (Wildman–Crippen LogP) is 4.91. The molecular weight excluding hydrogens is 428 g/mol. The Balaban J connectivity index is 1.57. The van der Waals surface area contributed by atoms with Gasteiger partial charge in [0.25, 0.3) is 11.6 Å². The van der Waals surface area contributed by atoms with Gasteiger partial charge in [-0.2, -0.15) is 0 Å². The minimum absolute atomic E-state index is 0.0631. The van der Waals surface area contributed by atoms with Gasteiger partial charge in [0, 0.05) is 28.8 Å². The zero-order chi connectivity index (χ0) is 22.7. The van der Waals surface area contributed by atoms with Crippen molar-refractivity contribution in [2.75, 3.05) is 5.32 Å². The fraction of sp³-hybridized carbons (Fsp3) is 0.0435. The van der Waals surface area contributed by atoms with Gasteiger partial charge in [0.15, 0.2) is 5.78 Å². The average Bonchev–Trinajstić information content (AvgIpc) is 3.27. The normalized spacial score (nSPS) is 10.5. The van der Waals surface area contributed by atoms with Gasteiger partial charge in [0.2, 0.25) is 5.13 Å². The van der Waals surface area contributed by atoms with Gasteiger partial charge in [-0.15, -0.1) is 10.2 Å². The fourth-order valence-electron chi connectivity index (χ4n) is 3.05. The van der Waals surface area contributed by atoms with Gasteiger partial charge in [-0.3, -0.25) is 25.0 Å². The van der Waals surface area contributed by atoms with Crippen molar-refractivity contribution < 1.29 is 14.5 Å². The number of aryl methyl sites for hydroxylation is 1. The van der Waals surface area contributed by atoms with E-state index < -0.39 is 10.8 Å². The molecule has 0 radical (unpaired) electrons. The molecule has 4 aromatic rings. The van der Waals surface area contributed by atoms with E-state index in [1.165, 1.54) is 12.1 Å². The molecule has 0 aliphatic heterocycles. The number of ketones is 1. The second-order valence-corrected chi connectivity index (χ2v) is 7.89. The number of non-ortho nitro benzene ring substituents is 1. The van der Waals surface area contributed by atoms with Gasteiger partial charge in [-0.05, 0) is 13.0 Å². The van der Waals surface area contributed by atoms with E-state index >= 15 is 0 Å². The Labute approximate surface area is 186 Å². The summed E-state index contributed by atoms with van der Waals surface area (Å²) >= 11 is 1.08. The highest BCUT2D eigenvalue weighted by Gasteiger charge is 2.20. The summed E-state index contributed by atoms with van der Waals surface area (Å²) in [5.74, 6) is -0.756. The number of aromatic nitrogens is 2. The quantitative estimate of drug-likeness (QED) is 0.257. The van der Waals surface area contributed by atoms with Crippen molar-refractivity contribution >= 4 is 33.8 Å². The van der Waals surface area contributed by atoms with E-state index in [-0.39, 0.29) is 27.7 Å². The van der Waals surface area contributed by atoms with Crippen molar-refractivity contribution in [3.05, 3.63) is 105 Å². The van der Waals surface area contributed by atoms with Gasteiger partial charge in [-0.25, -0.2) is 0 Å². The van der Waals surface area contributed by atoms with Crippen LogP contribution in [0.4, 0.5) is 10.8 Å². The number of benzene rings is 3. The molecule has 0 saturated heterocycles. The maximum Gasteiger partial charge on any atom is 0.270 e. The molecule has 1 heterocycles. The van der Waals surface area contributed by atoms with E-state index in [2.05, 4.69) is 15.5 Å². The number of nitro groups is 1. The minimum Gasteiger partial charge on any atom is -0.296 e. The van der Waals surface area contributed by atoms with Gasteiger partial charge in [-0.1, -0.05) is 71.5 Å². The number of anilines is 1. The zero-order valence-corrected chi connectivity index (χ0v) is 17.6. The summed E-state index contributed by atoms with van der Waals surface area (Å²) in [5, 5.41) is 22.3. The number of hydrogen-bond donors (Lipinski definition) is 1. The number of nitrogens with one attached hydrogen (secondary N) is 1. The van der Waals surface area contributed by atoms with E-state index in [0.29, 0.717) is 16.1 Å². The molecule has 0 unspecified atom stereocenters. The van der Waals surface area contributed by atoms with Crippen LogP contribution in [-0.2, 0) is 0 Å². The summed E-state index contributed by atoms with van der Waals surface area (Å²) in [6, 6.07) is 19.7. The monoisotopic (exact) mass is 444 g/mol. The maximum atomic E-state index is 13.0. The van der Waals surface area contributed by atoms with Crippen LogP contribution < -0.4 is 5.32 Å². The molecule has 0 atom stereocenters.